The largest absolute Gasteiger partial charge is 0.322 e. The van der Waals surface area contributed by atoms with Crippen molar-refractivity contribution in [2.75, 3.05) is 11.9 Å². The molecule has 3 aromatic rings. The van der Waals surface area contributed by atoms with Crippen LogP contribution in [0.2, 0.25) is 10.2 Å². The van der Waals surface area contributed by atoms with Crippen LogP contribution < -0.4 is 5.32 Å². The number of urea groups is 1. The maximum atomic E-state index is 13.0. The molecule has 1 saturated heterocycles. The first-order chi connectivity index (χ1) is 14.4. The van der Waals surface area contributed by atoms with Crippen LogP contribution in [0.25, 0.3) is 0 Å². The standard InChI is InChI=1S/C21H22Cl2N6O/c1-13-17(9-10-19(23)24-13)25-21(30)28-11-3-4-18(28)20-27-26-14(2)29(20)12-15-5-7-16(22)8-6-15/h5-10,18H,3-4,11-12H2,1-2H3,(H,25,30)/t18-/m1/s1. The van der Waals surface area contributed by atoms with Gasteiger partial charge in [0.1, 0.15) is 11.0 Å². The Labute approximate surface area is 185 Å². The molecule has 0 unspecified atom stereocenters. The smallest absolute Gasteiger partial charge is 0.314 e. The van der Waals surface area contributed by atoms with E-state index in [4.69, 9.17) is 23.2 Å². The maximum absolute atomic E-state index is 13.0. The molecule has 7 nitrogen and oxygen atoms in total. The van der Waals surface area contributed by atoms with Gasteiger partial charge >= 0.3 is 6.03 Å². The van der Waals surface area contributed by atoms with E-state index in [9.17, 15) is 4.79 Å². The van der Waals surface area contributed by atoms with E-state index >= 15 is 0 Å². The molecule has 0 spiro atoms. The van der Waals surface area contributed by atoms with Crippen LogP contribution >= 0.6 is 23.2 Å². The van der Waals surface area contributed by atoms with E-state index in [0.29, 0.717) is 34.6 Å². The number of pyridine rings is 1. The number of amides is 2. The molecule has 1 aliphatic heterocycles. The van der Waals surface area contributed by atoms with Gasteiger partial charge in [-0.2, -0.15) is 0 Å². The van der Waals surface area contributed by atoms with Crippen molar-refractivity contribution in [3.63, 3.8) is 0 Å². The van der Waals surface area contributed by atoms with Crippen molar-refractivity contribution in [2.24, 2.45) is 0 Å². The lowest BCUT2D eigenvalue weighted by Gasteiger charge is -2.25. The second-order valence-electron chi connectivity index (χ2n) is 7.37. The van der Waals surface area contributed by atoms with E-state index in [1.54, 1.807) is 12.1 Å². The van der Waals surface area contributed by atoms with Crippen LogP contribution in [0, 0.1) is 13.8 Å². The lowest BCUT2D eigenvalue weighted by Crippen LogP contribution is -2.36. The average Bonchev–Trinajstić information content (AvgIpc) is 3.33. The van der Waals surface area contributed by atoms with E-state index < -0.39 is 0 Å². The first-order valence-electron chi connectivity index (χ1n) is 9.77. The van der Waals surface area contributed by atoms with E-state index in [2.05, 4.69) is 25.1 Å². The molecule has 9 heteroatoms. The third kappa shape index (κ3) is 4.27. The fraction of sp³-hybridized carbons (Fsp3) is 0.333. The summed E-state index contributed by atoms with van der Waals surface area (Å²) >= 11 is 11.9. The monoisotopic (exact) mass is 444 g/mol. The minimum absolute atomic E-state index is 0.140. The van der Waals surface area contributed by atoms with E-state index in [1.165, 1.54) is 0 Å². The van der Waals surface area contributed by atoms with Crippen molar-refractivity contribution in [1.82, 2.24) is 24.6 Å². The summed E-state index contributed by atoms with van der Waals surface area (Å²) in [5.41, 5.74) is 2.42. The fourth-order valence-electron chi connectivity index (χ4n) is 3.74. The quantitative estimate of drug-likeness (QED) is 0.573. The summed E-state index contributed by atoms with van der Waals surface area (Å²) in [6.45, 7) is 5.02. The molecule has 0 bridgehead atoms. The summed E-state index contributed by atoms with van der Waals surface area (Å²) in [6.07, 6.45) is 1.74. The zero-order valence-corrected chi connectivity index (χ0v) is 18.3. The van der Waals surface area contributed by atoms with Crippen molar-refractivity contribution >= 4 is 34.9 Å². The predicted molar refractivity (Wildman–Crippen MR) is 117 cm³/mol. The summed E-state index contributed by atoms with van der Waals surface area (Å²) in [7, 11) is 0. The van der Waals surface area contributed by atoms with Crippen LogP contribution in [0.3, 0.4) is 0 Å². The number of carbonyl (C=O) groups is 1. The average molecular weight is 445 g/mol. The molecule has 1 aliphatic rings. The molecular weight excluding hydrogens is 423 g/mol. The minimum atomic E-state index is -0.177. The Balaban J connectivity index is 1.56. The number of anilines is 1. The second-order valence-corrected chi connectivity index (χ2v) is 8.19. The number of likely N-dealkylation sites (tertiary alicyclic amines) is 1. The summed E-state index contributed by atoms with van der Waals surface area (Å²) in [6, 6.07) is 10.8. The van der Waals surface area contributed by atoms with Gasteiger partial charge in [-0.3, -0.25) is 0 Å². The topological polar surface area (TPSA) is 75.9 Å². The van der Waals surface area contributed by atoms with Gasteiger partial charge in [-0.1, -0.05) is 35.3 Å². The zero-order valence-electron chi connectivity index (χ0n) is 16.8. The molecular formula is C21H22Cl2N6O. The SMILES string of the molecule is Cc1nc(Cl)ccc1NC(=O)N1CCC[C@@H]1c1nnc(C)n1Cc1ccc(Cl)cc1. The third-order valence-corrected chi connectivity index (χ3v) is 5.79. The predicted octanol–water partition coefficient (Wildman–Crippen LogP) is 5.01. The van der Waals surface area contributed by atoms with Gasteiger partial charge in [0.2, 0.25) is 0 Å². The second kappa shape index (κ2) is 8.62. The summed E-state index contributed by atoms with van der Waals surface area (Å²) in [4.78, 5) is 19.0. The van der Waals surface area contributed by atoms with Crippen molar-refractivity contribution < 1.29 is 4.79 Å². The first kappa shape index (κ1) is 20.6. The van der Waals surface area contributed by atoms with Crippen LogP contribution in [0.5, 0.6) is 0 Å². The van der Waals surface area contributed by atoms with E-state index in [1.807, 2.05) is 43.0 Å². The van der Waals surface area contributed by atoms with Crippen molar-refractivity contribution in [1.29, 1.82) is 0 Å². The molecule has 156 valence electrons. The third-order valence-electron chi connectivity index (χ3n) is 5.32. The number of nitrogens with one attached hydrogen (secondary N) is 1. The van der Waals surface area contributed by atoms with Gasteiger partial charge in [-0.05, 0) is 56.5 Å². The Morgan fingerprint density at radius 1 is 1.13 bits per heavy atom. The van der Waals surface area contributed by atoms with Crippen LogP contribution in [0.1, 0.15) is 41.8 Å². The van der Waals surface area contributed by atoms with Crippen molar-refractivity contribution in [2.45, 2.75) is 39.3 Å². The molecule has 2 aromatic heterocycles. The number of benzene rings is 1. The van der Waals surface area contributed by atoms with Gasteiger partial charge < -0.3 is 14.8 Å². The number of halogens is 2. The molecule has 0 aliphatic carbocycles. The molecule has 0 saturated carbocycles. The van der Waals surface area contributed by atoms with Gasteiger partial charge in [0, 0.05) is 11.6 Å². The Bertz CT molecular complexity index is 1070. The summed E-state index contributed by atoms with van der Waals surface area (Å²) in [5, 5.41) is 12.7. The van der Waals surface area contributed by atoms with Crippen LogP contribution in [0.15, 0.2) is 36.4 Å². The number of hydrogen-bond acceptors (Lipinski definition) is 4. The van der Waals surface area contributed by atoms with E-state index in [0.717, 1.165) is 30.1 Å². The number of nitrogens with zero attached hydrogens (tertiary/aromatic N) is 5. The van der Waals surface area contributed by atoms with Gasteiger partial charge in [-0.15, -0.1) is 10.2 Å². The zero-order chi connectivity index (χ0) is 21.3. The van der Waals surface area contributed by atoms with Gasteiger partial charge in [0.25, 0.3) is 0 Å². The van der Waals surface area contributed by atoms with Crippen LogP contribution in [-0.4, -0.2) is 37.2 Å². The lowest BCUT2D eigenvalue weighted by atomic mass is 10.2. The molecule has 0 radical (unpaired) electrons. The Morgan fingerprint density at radius 3 is 2.63 bits per heavy atom. The lowest BCUT2D eigenvalue weighted by molar-refractivity contribution is 0.203. The fourth-order valence-corrected chi connectivity index (χ4v) is 4.06. The summed E-state index contributed by atoms with van der Waals surface area (Å²) < 4.78 is 2.06. The Kier molecular flexibility index (Phi) is 5.92. The molecule has 30 heavy (non-hydrogen) atoms. The Hall–Kier alpha value is -2.64. The van der Waals surface area contributed by atoms with Crippen LogP contribution in [0.4, 0.5) is 10.5 Å². The molecule has 3 heterocycles. The van der Waals surface area contributed by atoms with Crippen molar-refractivity contribution in [3.8, 4) is 0 Å². The number of carbonyl (C=O) groups excluding carboxylic acids is 1. The summed E-state index contributed by atoms with van der Waals surface area (Å²) in [5.74, 6) is 1.60. The molecule has 1 atom stereocenters. The highest BCUT2D eigenvalue weighted by Gasteiger charge is 2.34. The highest BCUT2D eigenvalue weighted by atomic mass is 35.5. The maximum Gasteiger partial charge on any atom is 0.322 e. The highest BCUT2D eigenvalue weighted by molar-refractivity contribution is 6.30. The van der Waals surface area contributed by atoms with Gasteiger partial charge in [-0.25, -0.2) is 9.78 Å². The molecule has 4 rings (SSSR count). The molecule has 1 N–H and O–H groups in total. The van der Waals surface area contributed by atoms with Crippen molar-refractivity contribution in [3.05, 3.63) is 69.5 Å². The number of hydrogen-bond donors (Lipinski definition) is 1. The normalized spacial score (nSPS) is 16.1. The molecule has 2 amide bonds. The number of rotatable bonds is 4. The molecule has 1 fully saturated rings. The van der Waals surface area contributed by atoms with Gasteiger partial charge in [0.15, 0.2) is 5.82 Å². The number of aromatic nitrogens is 4. The Morgan fingerprint density at radius 2 is 1.90 bits per heavy atom. The van der Waals surface area contributed by atoms with Gasteiger partial charge in [0.05, 0.1) is 24.0 Å². The minimum Gasteiger partial charge on any atom is -0.314 e. The van der Waals surface area contributed by atoms with E-state index in [-0.39, 0.29) is 12.1 Å². The highest BCUT2D eigenvalue weighted by Crippen LogP contribution is 2.32. The number of aryl methyl sites for hydroxylation is 2. The van der Waals surface area contributed by atoms with Crippen LogP contribution in [-0.2, 0) is 6.54 Å². The first-order valence-corrected chi connectivity index (χ1v) is 10.5. The molecule has 1 aromatic carbocycles.